The summed E-state index contributed by atoms with van der Waals surface area (Å²) in [5.41, 5.74) is 3.26. The maximum Gasteiger partial charge on any atom is 0.270 e. The molecule has 2 rings (SSSR count). The van der Waals surface area contributed by atoms with Crippen LogP contribution in [0.5, 0.6) is 0 Å². The summed E-state index contributed by atoms with van der Waals surface area (Å²) < 4.78 is 2.12. The van der Waals surface area contributed by atoms with E-state index in [-0.39, 0.29) is 11.5 Å². The van der Waals surface area contributed by atoms with Crippen molar-refractivity contribution in [2.75, 3.05) is 0 Å². The molecule has 0 aliphatic heterocycles. The fraction of sp³-hybridized carbons (Fsp3) is 0.450. The predicted molar refractivity (Wildman–Crippen MR) is 99.2 cm³/mol. The number of nitro benzene ring substituents is 1. The molecule has 0 saturated heterocycles. The first-order valence-electron chi connectivity index (χ1n) is 9.03. The van der Waals surface area contributed by atoms with Crippen molar-refractivity contribution in [3.63, 3.8) is 0 Å². The minimum Gasteiger partial charge on any atom is -0.342 e. The summed E-state index contributed by atoms with van der Waals surface area (Å²) in [4.78, 5) is 23.8. The van der Waals surface area contributed by atoms with Crippen LogP contribution in [-0.4, -0.2) is 15.3 Å². The molecule has 0 spiro atoms. The monoisotopic (exact) mass is 342 g/mol. The molecule has 0 fully saturated rings. The SMILES string of the molecule is CCCc1cc(CCC)n(CCC)c1C(=O)c1cccc([N+](=O)[O-])c1. The molecule has 0 amide bonds. The fourth-order valence-corrected chi connectivity index (χ4v) is 3.23. The first kappa shape index (κ1) is 18.9. The van der Waals surface area contributed by atoms with E-state index in [1.807, 2.05) is 0 Å². The number of aromatic nitrogens is 1. The number of benzene rings is 1. The van der Waals surface area contributed by atoms with Gasteiger partial charge in [-0.15, -0.1) is 0 Å². The topological polar surface area (TPSA) is 65.1 Å². The summed E-state index contributed by atoms with van der Waals surface area (Å²) >= 11 is 0. The summed E-state index contributed by atoms with van der Waals surface area (Å²) in [6.07, 6.45) is 4.68. The second-order valence-electron chi connectivity index (χ2n) is 6.30. The number of carbonyl (C=O) groups excluding carboxylic acids is 1. The minimum atomic E-state index is -0.461. The first-order valence-corrected chi connectivity index (χ1v) is 9.03. The Morgan fingerprint density at radius 1 is 1.08 bits per heavy atom. The highest BCUT2D eigenvalue weighted by Gasteiger charge is 2.22. The molecule has 1 heterocycles. The fourth-order valence-electron chi connectivity index (χ4n) is 3.23. The van der Waals surface area contributed by atoms with Crippen LogP contribution in [0, 0.1) is 10.1 Å². The highest BCUT2D eigenvalue weighted by molar-refractivity contribution is 6.09. The summed E-state index contributed by atoms with van der Waals surface area (Å²) in [7, 11) is 0. The predicted octanol–water partition coefficient (Wildman–Crippen LogP) is 4.94. The average Bonchev–Trinajstić information content (AvgIpc) is 2.92. The van der Waals surface area contributed by atoms with Crippen LogP contribution in [0.25, 0.3) is 0 Å². The number of rotatable bonds is 9. The Labute approximate surface area is 148 Å². The summed E-state index contributed by atoms with van der Waals surface area (Å²) in [5.74, 6) is -0.122. The van der Waals surface area contributed by atoms with Crippen LogP contribution in [0.15, 0.2) is 30.3 Å². The second kappa shape index (κ2) is 8.60. The molecule has 25 heavy (non-hydrogen) atoms. The van der Waals surface area contributed by atoms with E-state index >= 15 is 0 Å². The maximum atomic E-state index is 13.2. The lowest BCUT2D eigenvalue weighted by atomic mass is 10.0. The Morgan fingerprint density at radius 2 is 1.80 bits per heavy atom. The third kappa shape index (κ3) is 4.16. The van der Waals surface area contributed by atoms with Crippen molar-refractivity contribution in [2.45, 2.75) is 59.4 Å². The van der Waals surface area contributed by atoms with Gasteiger partial charge < -0.3 is 4.57 Å². The molecule has 1 aromatic carbocycles. The van der Waals surface area contributed by atoms with E-state index < -0.39 is 4.92 Å². The third-order valence-electron chi connectivity index (χ3n) is 4.27. The van der Waals surface area contributed by atoms with Gasteiger partial charge >= 0.3 is 0 Å². The van der Waals surface area contributed by atoms with Crippen LogP contribution in [0.3, 0.4) is 0 Å². The highest BCUT2D eigenvalue weighted by atomic mass is 16.6. The molecule has 1 aromatic heterocycles. The number of hydrogen-bond acceptors (Lipinski definition) is 3. The number of ketones is 1. The van der Waals surface area contributed by atoms with Crippen molar-refractivity contribution in [1.29, 1.82) is 0 Å². The van der Waals surface area contributed by atoms with Gasteiger partial charge in [-0.05, 0) is 30.9 Å². The zero-order valence-electron chi connectivity index (χ0n) is 15.2. The van der Waals surface area contributed by atoms with Crippen LogP contribution < -0.4 is 0 Å². The molecule has 0 radical (unpaired) electrons. The van der Waals surface area contributed by atoms with E-state index in [0.717, 1.165) is 44.2 Å². The lowest BCUT2D eigenvalue weighted by Crippen LogP contribution is -2.14. The van der Waals surface area contributed by atoms with Crippen molar-refractivity contribution < 1.29 is 9.72 Å². The Kier molecular flexibility index (Phi) is 6.51. The van der Waals surface area contributed by atoms with Gasteiger partial charge in [-0.3, -0.25) is 14.9 Å². The van der Waals surface area contributed by atoms with Crippen LogP contribution in [0.1, 0.15) is 67.3 Å². The van der Waals surface area contributed by atoms with Gasteiger partial charge in [-0.25, -0.2) is 0 Å². The quantitative estimate of drug-likeness (QED) is 0.368. The number of carbonyl (C=O) groups is 1. The van der Waals surface area contributed by atoms with Gasteiger partial charge in [-0.2, -0.15) is 0 Å². The highest BCUT2D eigenvalue weighted by Crippen LogP contribution is 2.24. The number of aryl methyl sites for hydroxylation is 2. The number of non-ortho nitro benzene ring substituents is 1. The molecular formula is C20H26N2O3. The largest absolute Gasteiger partial charge is 0.342 e. The number of hydrogen-bond donors (Lipinski definition) is 0. The minimum absolute atomic E-state index is 0.0507. The van der Waals surface area contributed by atoms with Gasteiger partial charge in [0.15, 0.2) is 0 Å². The molecule has 5 nitrogen and oxygen atoms in total. The number of nitro groups is 1. The van der Waals surface area contributed by atoms with Crippen molar-refractivity contribution in [3.8, 4) is 0 Å². The average molecular weight is 342 g/mol. The van der Waals surface area contributed by atoms with Crippen molar-refractivity contribution in [3.05, 3.63) is 63.0 Å². The first-order chi connectivity index (χ1) is 12.0. The zero-order valence-corrected chi connectivity index (χ0v) is 15.2. The van der Waals surface area contributed by atoms with E-state index in [0.29, 0.717) is 11.3 Å². The molecule has 134 valence electrons. The van der Waals surface area contributed by atoms with Gasteiger partial charge in [0.1, 0.15) is 0 Å². The lowest BCUT2D eigenvalue weighted by Gasteiger charge is -2.13. The second-order valence-corrected chi connectivity index (χ2v) is 6.30. The summed E-state index contributed by atoms with van der Waals surface area (Å²) in [6.45, 7) is 7.11. The van der Waals surface area contributed by atoms with E-state index in [4.69, 9.17) is 0 Å². The van der Waals surface area contributed by atoms with E-state index in [1.165, 1.54) is 17.8 Å². The summed E-state index contributed by atoms with van der Waals surface area (Å²) in [6, 6.07) is 8.17. The molecule has 0 atom stereocenters. The summed E-state index contributed by atoms with van der Waals surface area (Å²) in [5, 5.41) is 11.0. The molecule has 0 unspecified atom stereocenters. The Balaban J connectivity index is 2.56. The van der Waals surface area contributed by atoms with Gasteiger partial charge in [0.05, 0.1) is 10.6 Å². The molecular weight excluding hydrogens is 316 g/mol. The molecule has 0 N–H and O–H groups in total. The van der Waals surface area contributed by atoms with Crippen LogP contribution >= 0.6 is 0 Å². The van der Waals surface area contributed by atoms with E-state index in [1.54, 1.807) is 12.1 Å². The Hall–Kier alpha value is -2.43. The molecule has 0 aliphatic carbocycles. The number of nitrogens with zero attached hydrogens (tertiary/aromatic N) is 2. The van der Waals surface area contributed by atoms with Gasteiger partial charge in [0, 0.05) is 29.9 Å². The van der Waals surface area contributed by atoms with Gasteiger partial charge in [-0.1, -0.05) is 45.7 Å². The normalized spacial score (nSPS) is 10.8. The Morgan fingerprint density at radius 3 is 2.40 bits per heavy atom. The van der Waals surface area contributed by atoms with Gasteiger partial charge in [0.25, 0.3) is 5.69 Å². The zero-order chi connectivity index (χ0) is 18.4. The standard InChI is InChI=1S/C20H26N2O3/c1-4-8-15-13-17(9-5-2)21(12-6-3)19(15)20(23)16-10-7-11-18(14-16)22(24)25/h7,10-11,13-14H,4-6,8-9,12H2,1-3H3. The lowest BCUT2D eigenvalue weighted by molar-refractivity contribution is -0.384. The van der Waals surface area contributed by atoms with E-state index in [2.05, 4.69) is 31.4 Å². The molecule has 0 bridgehead atoms. The van der Waals surface area contributed by atoms with Crippen molar-refractivity contribution >= 4 is 11.5 Å². The Bertz CT molecular complexity index is 762. The van der Waals surface area contributed by atoms with E-state index in [9.17, 15) is 14.9 Å². The van der Waals surface area contributed by atoms with Crippen molar-refractivity contribution in [1.82, 2.24) is 4.57 Å². The smallest absolute Gasteiger partial charge is 0.270 e. The van der Waals surface area contributed by atoms with Gasteiger partial charge in [0.2, 0.25) is 5.78 Å². The van der Waals surface area contributed by atoms with Crippen LogP contribution in [0.2, 0.25) is 0 Å². The third-order valence-corrected chi connectivity index (χ3v) is 4.27. The van der Waals surface area contributed by atoms with Crippen LogP contribution in [-0.2, 0) is 19.4 Å². The molecule has 2 aromatic rings. The molecule has 0 aliphatic rings. The maximum absolute atomic E-state index is 13.2. The molecule has 0 saturated carbocycles. The molecule has 5 heteroatoms. The van der Waals surface area contributed by atoms with Crippen LogP contribution in [0.4, 0.5) is 5.69 Å². The van der Waals surface area contributed by atoms with Crippen molar-refractivity contribution in [2.24, 2.45) is 0 Å².